The van der Waals surface area contributed by atoms with Crippen LogP contribution in [0.15, 0.2) is 4.42 Å². The number of oxazole rings is 1. The van der Waals surface area contributed by atoms with E-state index in [0.717, 1.165) is 25.3 Å². The van der Waals surface area contributed by atoms with Crippen LogP contribution in [0.5, 0.6) is 0 Å². The van der Waals surface area contributed by atoms with Gasteiger partial charge in [0.25, 0.3) is 4.84 Å². The average molecular weight is 170 g/mol. The molecule has 0 atom stereocenters. The molecule has 0 saturated heterocycles. The van der Waals surface area contributed by atoms with Crippen LogP contribution in [0.2, 0.25) is 0 Å². The van der Waals surface area contributed by atoms with Crippen molar-refractivity contribution in [2.24, 2.45) is 0 Å². The maximum Gasteiger partial charge on any atom is 0.266 e. The van der Waals surface area contributed by atoms with Gasteiger partial charge in [-0.25, -0.2) is 0 Å². The normalized spacial score (nSPS) is 18.3. The van der Waals surface area contributed by atoms with Gasteiger partial charge in [-0.1, -0.05) is 0 Å². The molecule has 0 unspecified atom stereocenters. The van der Waals surface area contributed by atoms with Gasteiger partial charge >= 0.3 is 0 Å². The molecule has 2 heterocycles. The third kappa shape index (κ3) is 1.23. The zero-order chi connectivity index (χ0) is 7.84. The Morgan fingerprint density at radius 3 is 3.27 bits per heavy atom. The van der Waals surface area contributed by atoms with Gasteiger partial charge in [0.15, 0.2) is 0 Å². The number of rotatable bonds is 0. The summed E-state index contributed by atoms with van der Waals surface area (Å²) in [7, 11) is 2.08. The summed E-state index contributed by atoms with van der Waals surface area (Å²) in [6.45, 7) is 1.96. The Morgan fingerprint density at radius 2 is 2.45 bits per heavy atom. The van der Waals surface area contributed by atoms with E-state index in [0.29, 0.717) is 4.84 Å². The highest BCUT2D eigenvalue weighted by Crippen LogP contribution is 2.16. The maximum absolute atomic E-state index is 5.29. The van der Waals surface area contributed by atoms with Crippen LogP contribution in [-0.4, -0.2) is 23.5 Å². The van der Waals surface area contributed by atoms with Gasteiger partial charge in [0.1, 0.15) is 5.76 Å². The van der Waals surface area contributed by atoms with Crippen molar-refractivity contribution in [3.8, 4) is 0 Å². The quantitative estimate of drug-likeness (QED) is 0.596. The number of aromatic nitrogens is 1. The van der Waals surface area contributed by atoms with Crippen molar-refractivity contribution in [1.29, 1.82) is 0 Å². The first kappa shape index (κ1) is 7.06. The van der Waals surface area contributed by atoms with Crippen molar-refractivity contribution >= 4 is 12.2 Å². The second-order valence-corrected chi connectivity index (χ2v) is 3.27. The summed E-state index contributed by atoms with van der Waals surface area (Å²) < 4.78 is 5.29. The molecule has 0 spiro atoms. The lowest BCUT2D eigenvalue weighted by Gasteiger charge is -2.19. The van der Waals surface area contributed by atoms with E-state index >= 15 is 0 Å². The van der Waals surface area contributed by atoms with Crippen molar-refractivity contribution in [3.05, 3.63) is 16.3 Å². The number of nitrogens with one attached hydrogen (secondary N) is 1. The molecule has 60 valence electrons. The highest BCUT2D eigenvalue weighted by atomic mass is 32.1. The molecule has 0 radical (unpaired) electrons. The fourth-order valence-corrected chi connectivity index (χ4v) is 1.57. The first-order valence-corrected chi connectivity index (χ1v) is 4.06. The monoisotopic (exact) mass is 170 g/mol. The van der Waals surface area contributed by atoms with Crippen molar-refractivity contribution in [3.63, 3.8) is 0 Å². The zero-order valence-corrected chi connectivity index (χ0v) is 7.20. The second kappa shape index (κ2) is 2.46. The van der Waals surface area contributed by atoms with Gasteiger partial charge in [0.05, 0.1) is 12.2 Å². The molecule has 1 aromatic rings. The summed E-state index contributed by atoms with van der Waals surface area (Å²) in [5.41, 5.74) is 1.17. The van der Waals surface area contributed by atoms with Gasteiger partial charge in [-0.15, -0.1) is 0 Å². The minimum absolute atomic E-state index is 0.505. The number of H-pyrrole nitrogens is 1. The van der Waals surface area contributed by atoms with Crippen LogP contribution in [0.4, 0.5) is 0 Å². The summed E-state index contributed by atoms with van der Waals surface area (Å²) in [5.74, 6) is 1.00. The van der Waals surface area contributed by atoms with Crippen LogP contribution in [0.1, 0.15) is 11.5 Å². The van der Waals surface area contributed by atoms with E-state index < -0.39 is 0 Å². The third-order valence-electron chi connectivity index (χ3n) is 1.96. The fraction of sp³-hybridized carbons (Fsp3) is 0.571. The van der Waals surface area contributed by atoms with Crippen molar-refractivity contribution in [2.45, 2.75) is 13.0 Å². The lowest BCUT2D eigenvalue weighted by atomic mass is 10.2. The molecule has 0 fully saturated rings. The summed E-state index contributed by atoms with van der Waals surface area (Å²) in [6.07, 6.45) is 1.02. The molecule has 0 aromatic carbocycles. The number of hydrogen-bond donors (Lipinski definition) is 1. The molecule has 0 amide bonds. The van der Waals surface area contributed by atoms with E-state index in [1.165, 1.54) is 5.69 Å². The molecule has 0 aliphatic carbocycles. The van der Waals surface area contributed by atoms with Crippen LogP contribution in [0.3, 0.4) is 0 Å². The zero-order valence-electron chi connectivity index (χ0n) is 6.39. The average Bonchev–Trinajstić information content (AvgIpc) is 2.27. The molecule has 11 heavy (non-hydrogen) atoms. The molecule has 1 aliphatic heterocycles. The van der Waals surface area contributed by atoms with Crippen LogP contribution in [-0.2, 0) is 13.0 Å². The molecule has 1 aromatic heterocycles. The van der Waals surface area contributed by atoms with Gasteiger partial charge < -0.3 is 9.40 Å². The van der Waals surface area contributed by atoms with Crippen LogP contribution >= 0.6 is 12.2 Å². The van der Waals surface area contributed by atoms with Crippen LogP contribution < -0.4 is 0 Å². The standard InChI is InChI=1S/C7H10N2OS/c1-9-3-2-5-6(4-9)10-7(11)8-5/h2-4H2,1H3,(H,8,11). The fourth-order valence-electron chi connectivity index (χ4n) is 1.35. The number of likely N-dealkylation sites (N-methyl/N-ethyl adjacent to an activating group) is 1. The first-order valence-electron chi connectivity index (χ1n) is 3.65. The summed E-state index contributed by atoms with van der Waals surface area (Å²) in [5, 5.41) is 0. The Balaban J connectivity index is 2.41. The van der Waals surface area contributed by atoms with E-state index in [1.54, 1.807) is 0 Å². The van der Waals surface area contributed by atoms with E-state index in [-0.39, 0.29) is 0 Å². The van der Waals surface area contributed by atoms with Gasteiger partial charge in [-0.3, -0.25) is 4.90 Å². The summed E-state index contributed by atoms with van der Waals surface area (Å²) >= 11 is 4.88. The van der Waals surface area contributed by atoms with Crippen molar-refractivity contribution < 1.29 is 4.42 Å². The Morgan fingerprint density at radius 1 is 1.64 bits per heavy atom. The molecule has 1 aliphatic rings. The molecule has 3 nitrogen and oxygen atoms in total. The molecular formula is C7H10N2OS. The van der Waals surface area contributed by atoms with Gasteiger partial charge in [0.2, 0.25) is 0 Å². The lowest BCUT2D eigenvalue weighted by Crippen LogP contribution is -2.25. The highest BCUT2D eigenvalue weighted by Gasteiger charge is 2.16. The largest absolute Gasteiger partial charge is 0.433 e. The SMILES string of the molecule is CN1CCc2[nH]c(=S)oc2C1. The van der Waals surface area contributed by atoms with E-state index in [1.807, 2.05) is 0 Å². The molecule has 0 bridgehead atoms. The Kier molecular flexibility index (Phi) is 1.58. The number of nitrogens with zero attached hydrogens (tertiary/aromatic N) is 1. The summed E-state index contributed by atoms with van der Waals surface area (Å²) in [4.78, 5) is 5.76. The third-order valence-corrected chi connectivity index (χ3v) is 2.15. The van der Waals surface area contributed by atoms with E-state index in [2.05, 4.69) is 16.9 Å². The second-order valence-electron chi connectivity index (χ2n) is 2.90. The van der Waals surface area contributed by atoms with Gasteiger partial charge in [-0.2, -0.15) is 0 Å². The van der Waals surface area contributed by atoms with Crippen LogP contribution in [0, 0.1) is 4.84 Å². The Labute approximate surface area is 70.0 Å². The van der Waals surface area contributed by atoms with Crippen molar-refractivity contribution in [1.82, 2.24) is 9.88 Å². The van der Waals surface area contributed by atoms with E-state index in [4.69, 9.17) is 16.6 Å². The Hall–Kier alpha value is -0.610. The minimum atomic E-state index is 0.505. The topological polar surface area (TPSA) is 32.2 Å². The van der Waals surface area contributed by atoms with E-state index in [9.17, 15) is 0 Å². The first-order chi connectivity index (χ1) is 5.25. The molecular weight excluding hydrogens is 160 g/mol. The predicted octanol–water partition coefficient (Wildman–Crippen LogP) is 1.33. The molecule has 0 saturated carbocycles. The minimum Gasteiger partial charge on any atom is -0.433 e. The van der Waals surface area contributed by atoms with Gasteiger partial charge in [0, 0.05) is 13.0 Å². The number of hydrogen-bond acceptors (Lipinski definition) is 3. The molecule has 1 N–H and O–H groups in total. The molecule has 2 rings (SSSR count). The van der Waals surface area contributed by atoms with Crippen molar-refractivity contribution in [2.75, 3.05) is 13.6 Å². The predicted molar refractivity (Wildman–Crippen MR) is 43.9 cm³/mol. The molecule has 4 heteroatoms. The number of fused-ring (bicyclic) bond motifs is 1. The maximum atomic E-state index is 5.29. The lowest BCUT2D eigenvalue weighted by molar-refractivity contribution is 0.276. The summed E-state index contributed by atoms with van der Waals surface area (Å²) in [6, 6.07) is 0. The smallest absolute Gasteiger partial charge is 0.266 e. The van der Waals surface area contributed by atoms with Gasteiger partial charge in [-0.05, 0) is 19.3 Å². The Bertz CT molecular complexity index is 314. The van der Waals surface area contributed by atoms with Crippen LogP contribution in [0.25, 0.3) is 0 Å². The highest BCUT2D eigenvalue weighted by molar-refractivity contribution is 7.71. The number of aromatic amines is 1.